The van der Waals surface area contributed by atoms with Gasteiger partial charge in [0.05, 0.1) is 23.0 Å². The Morgan fingerprint density at radius 1 is 1.40 bits per heavy atom. The first-order valence-electron chi connectivity index (χ1n) is 6.76. The average molecular weight is 296 g/mol. The molecule has 0 amide bonds. The first-order valence-corrected chi connectivity index (χ1v) is 7.14. The van der Waals surface area contributed by atoms with E-state index in [-0.39, 0.29) is 17.9 Å². The molecule has 1 atom stereocenters. The van der Waals surface area contributed by atoms with Crippen LogP contribution in [0, 0.1) is 5.82 Å². The number of nitrogens with zero attached hydrogens (tertiary/aromatic N) is 2. The van der Waals surface area contributed by atoms with Gasteiger partial charge in [-0.25, -0.2) is 4.39 Å². The van der Waals surface area contributed by atoms with Crippen LogP contribution in [0.4, 0.5) is 4.39 Å². The summed E-state index contributed by atoms with van der Waals surface area (Å²) in [5, 5.41) is 8.26. The normalized spacial score (nSPS) is 12.9. The molecule has 0 spiro atoms. The van der Waals surface area contributed by atoms with Crippen LogP contribution in [0.25, 0.3) is 0 Å². The third-order valence-corrected chi connectivity index (χ3v) is 3.43. The molecule has 5 heteroatoms. The van der Waals surface area contributed by atoms with Gasteiger partial charge in [-0.2, -0.15) is 5.10 Å². The van der Waals surface area contributed by atoms with Gasteiger partial charge in [0.25, 0.3) is 0 Å². The smallest absolute Gasteiger partial charge is 0.123 e. The number of aromatic nitrogens is 2. The van der Waals surface area contributed by atoms with Crippen molar-refractivity contribution >= 4 is 11.6 Å². The lowest BCUT2D eigenvalue weighted by Gasteiger charge is -2.22. The van der Waals surface area contributed by atoms with Gasteiger partial charge < -0.3 is 5.32 Å². The van der Waals surface area contributed by atoms with Crippen LogP contribution in [0.15, 0.2) is 30.5 Å². The average Bonchev–Trinajstić information content (AvgIpc) is 2.78. The second kappa shape index (κ2) is 6.37. The minimum atomic E-state index is -0.253. The SMILES string of the molecule is CCNC(c1cccc(F)c1)c1c(Cl)cnn1C(C)C. The van der Waals surface area contributed by atoms with Gasteiger partial charge in [-0.1, -0.05) is 30.7 Å². The molecular formula is C15H19ClFN3. The molecule has 1 N–H and O–H groups in total. The zero-order valence-corrected chi connectivity index (χ0v) is 12.7. The minimum Gasteiger partial charge on any atom is -0.305 e. The van der Waals surface area contributed by atoms with E-state index in [1.807, 2.05) is 31.5 Å². The van der Waals surface area contributed by atoms with Gasteiger partial charge >= 0.3 is 0 Å². The van der Waals surface area contributed by atoms with Crippen molar-refractivity contribution in [3.05, 3.63) is 52.6 Å². The molecule has 1 aromatic heterocycles. The maximum atomic E-state index is 13.5. The van der Waals surface area contributed by atoms with Crippen LogP contribution in [-0.4, -0.2) is 16.3 Å². The molecule has 2 rings (SSSR count). The van der Waals surface area contributed by atoms with Crippen molar-refractivity contribution in [2.24, 2.45) is 0 Å². The fraction of sp³-hybridized carbons (Fsp3) is 0.400. The molecule has 1 aromatic carbocycles. The molecule has 0 radical (unpaired) electrons. The standard InChI is InChI=1S/C15H19ClFN3/c1-4-18-14(11-6-5-7-12(17)8-11)15-13(16)9-19-20(15)10(2)3/h5-10,14,18H,4H2,1-3H3. The summed E-state index contributed by atoms with van der Waals surface area (Å²) >= 11 is 6.29. The Labute approximate surface area is 123 Å². The monoisotopic (exact) mass is 295 g/mol. The molecule has 1 unspecified atom stereocenters. The van der Waals surface area contributed by atoms with Gasteiger partial charge in [0.1, 0.15) is 5.82 Å². The molecular weight excluding hydrogens is 277 g/mol. The summed E-state index contributed by atoms with van der Waals surface area (Å²) in [6.07, 6.45) is 1.64. The first-order chi connectivity index (χ1) is 9.54. The number of hydrogen-bond donors (Lipinski definition) is 1. The number of halogens is 2. The van der Waals surface area contributed by atoms with Crippen LogP contribution in [0.1, 0.15) is 44.1 Å². The molecule has 1 heterocycles. The molecule has 2 aromatic rings. The topological polar surface area (TPSA) is 29.9 Å². The van der Waals surface area contributed by atoms with Gasteiger partial charge in [-0.3, -0.25) is 4.68 Å². The zero-order chi connectivity index (χ0) is 14.7. The third kappa shape index (κ3) is 3.02. The van der Waals surface area contributed by atoms with Gasteiger partial charge in [0.2, 0.25) is 0 Å². The van der Waals surface area contributed by atoms with Crippen LogP contribution in [-0.2, 0) is 0 Å². The van der Waals surface area contributed by atoms with E-state index in [1.54, 1.807) is 12.3 Å². The Morgan fingerprint density at radius 3 is 2.75 bits per heavy atom. The third-order valence-electron chi connectivity index (χ3n) is 3.14. The lowest BCUT2D eigenvalue weighted by molar-refractivity contribution is 0.475. The van der Waals surface area contributed by atoms with E-state index in [4.69, 9.17) is 11.6 Å². The van der Waals surface area contributed by atoms with Crippen molar-refractivity contribution in [1.82, 2.24) is 15.1 Å². The zero-order valence-electron chi connectivity index (χ0n) is 11.9. The number of benzene rings is 1. The lowest BCUT2D eigenvalue weighted by Crippen LogP contribution is -2.26. The summed E-state index contributed by atoms with van der Waals surface area (Å²) < 4.78 is 15.4. The molecule has 0 bridgehead atoms. The summed E-state index contributed by atoms with van der Waals surface area (Å²) in [6.45, 7) is 6.85. The minimum absolute atomic E-state index is 0.173. The molecule has 0 aliphatic heterocycles. The van der Waals surface area contributed by atoms with E-state index in [0.717, 1.165) is 17.8 Å². The Balaban J connectivity index is 2.51. The maximum absolute atomic E-state index is 13.5. The van der Waals surface area contributed by atoms with E-state index in [9.17, 15) is 4.39 Å². The molecule has 0 saturated heterocycles. The van der Waals surface area contributed by atoms with Crippen LogP contribution < -0.4 is 5.32 Å². The predicted molar refractivity (Wildman–Crippen MR) is 79.5 cm³/mol. The van der Waals surface area contributed by atoms with Crippen LogP contribution in [0.2, 0.25) is 5.02 Å². The fourth-order valence-corrected chi connectivity index (χ4v) is 2.53. The highest BCUT2D eigenvalue weighted by Crippen LogP contribution is 2.30. The van der Waals surface area contributed by atoms with E-state index < -0.39 is 0 Å². The fourth-order valence-electron chi connectivity index (χ4n) is 2.29. The summed E-state index contributed by atoms with van der Waals surface area (Å²) in [6, 6.07) is 6.58. The summed E-state index contributed by atoms with van der Waals surface area (Å²) in [4.78, 5) is 0. The van der Waals surface area contributed by atoms with Crippen molar-refractivity contribution in [1.29, 1.82) is 0 Å². The van der Waals surface area contributed by atoms with Crippen molar-refractivity contribution in [2.75, 3.05) is 6.54 Å². The Morgan fingerprint density at radius 2 is 2.15 bits per heavy atom. The van der Waals surface area contributed by atoms with E-state index in [0.29, 0.717) is 5.02 Å². The molecule has 20 heavy (non-hydrogen) atoms. The second-order valence-corrected chi connectivity index (χ2v) is 5.37. The van der Waals surface area contributed by atoms with Crippen LogP contribution in [0.3, 0.4) is 0 Å². The molecule has 0 aliphatic rings. The highest BCUT2D eigenvalue weighted by molar-refractivity contribution is 6.31. The van der Waals surface area contributed by atoms with Crippen molar-refractivity contribution < 1.29 is 4.39 Å². The van der Waals surface area contributed by atoms with E-state index in [2.05, 4.69) is 10.4 Å². The van der Waals surface area contributed by atoms with Gasteiger partial charge in [0.15, 0.2) is 0 Å². The van der Waals surface area contributed by atoms with Gasteiger partial charge in [-0.05, 0) is 38.1 Å². The van der Waals surface area contributed by atoms with Crippen molar-refractivity contribution in [3.8, 4) is 0 Å². The Hall–Kier alpha value is -1.39. The molecule has 0 fully saturated rings. The Kier molecular flexibility index (Phi) is 4.78. The maximum Gasteiger partial charge on any atom is 0.123 e. The van der Waals surface area contributed by atoms with Crippen molar-refractivity contribution in [3.63, 3.8) is 0 Å². The van der Waals surface area contributed by atoms with Crippen molar-refractivity contribution in [2.45, 2.75) is 32.9 Å². The van der Waals surface area contributed by atoms with E-state index in [1.165, 1.54) is 12.1 Å². The molecule has 0 saturated carbocycles. The largest absolute Gasteiger partial charge is 0.305 e. The Bertz CT molecular complexity index is 580. The first kappa shape index (κ1) is 15.0. The highest BCUT2D eigenvalue weighted by atomic mass is 35.5. The molecule has 108 valence electrons. The predicted octanol–water partition coefficient (Wildman–Crippen LogP) is 3.96. The highest BCUT2D eigenvalue weighted by Gasteiger charge is 2.22. The van der Waals surface area contributed by atoms with E-state index >= 15 is 0 Å². The second-order valence-electron chi connectivity index (χ2n) is 4.96. The van der Waals surface area contributed by atoms with Crippen LogP contribution in [0.5, 0.6) is 0 Å². The summed E-state index contributed by atoms with van der Waals surface area (Å²) in [5.41, 5.74) is 1.71. The van der Waals surface area contributed by atoms with Gasteiger partial charge in [0, 0.05) is 6.04 Å². The summed E-state index contributed by atoms with van der Waals surface area (Å²) in [5.74, 6) is -0.253. The number of rotatable bonds is 5. The molecule has 3 nitrogen and oxygen atoms in total. The number of nitrogens with one attached hydrogen (secondary N) is 1. The number of hydrogen-bond acceptors (Lipinski definition) is 2. The molecule has 0 aliphatic carbocycles. The summed E-state index contributed by atoms with van der Waals surface area (Å²) in [7, 11) is 0. The quantitative estimate of drug-likeness (QED) is 0.905. The van der Waals surface area contributed by atoms with Crippen LogP contribution >= 0.6 is 11.6 Å². The van der Waals surface area contributed by atoms with Gasteiger partial charge in [-0.15, -0.1) is 0 Å². The lowest BCUT2D eigenvalue weighted by atomic mass is 10.0.